The highest BCUT2D eigenvalue weighted by Gasteiger charge is 2.44. The van der Waals surface area contributed by atoms with E-state index in [0.717, 1.165) is 5.56 Å². The number of nitrogens with one attached hydrogen (secondary N) is 1. The van der Waals surface area contributed by atoms with Crippen LogP contribution in [0.1, 0.15) is 11.8 Å². The van der Waals surface area contributed by atoms with E-state index in [-0.39, 0.29) is 10.9 Å². The quantitative estimate of drug-likeness (QED) is 0.343. The maximum Gasteiger partial charge on any atom is 0.226 e. The second kappa shape index (κ2) is 7.95. The second-order valence-corrected chi connectivity index (χ2v) is 6.61. The van der Waals surface area contributed by atoms with Gasteiger partial charge in [-0.15, -0.1) is 0 Å². The average Bonchev–Trinajstić information content (AvgIpc) is 3.24. The lowest BCUT2D eigenvalue weighted by molar-refractivity contribution is -0.0566. The summed E-state index contributed by atoms with van der Waals surface area (Å²) in [5.74, 6) is 0.295. The molecule has 4 atom stereocenters. The van der Waals surface area contributed by atoms with Crippen LogP contribution in [0.25, 0.3) is 11.0 Å². The summed E-state index contributed by atoms with van der Waals surface area (Å²) in [4.78, 5) is 13.7. The molecule has 0 saturated carbocycles. The number of ether oxygens (including phenoxy) is 1. The molecule has 1 aliphatic rings. The molecule has 1 saturated heterocycles. The van der Waals surface area contributed by atoms with Crippen molar-refractivity contribution >= 4 is 28.5 Å². The normalized spacial score (nSPS) is 24.7. The molecule has 4 N–H and O–H groups in total. The van der Waals surface area contributed by atoms with Crippen molar-refractivity contribution in [1.29, 1.82) is 0 Å². The van der Waals surface area contributed by atoms with E-state index in [1.807, 2.05) is 30.3 Å². The standard InChI is InChI=1S/C17H18ClN5O5/c18-17-20-14(22-27-8-9-4-2-1-3-5-9)10-6-19-23(15(10)21-17)16-13(26)12(25)11(7-24)28-16/h1-6,11-13,16,24-26H,7-8H2,(H,20,21,22)/t11-,12-,13-,16-/m1/s1. The Kier molecular flexibility index (Phi) is 5.40. The van der Waals surface area contributed by atoms with Crippen molar-refractivity contribution in [1.82, 2.24) is 19.7 Å². The molecule has 0 amide bonds. The monoisotopic (exact) mass is 407 g/mol. The molecule has 148 valence electrons. The minimum absolute atomic E-state index is 0.0631. The largest absolute Gasteiger partial charge is 0.394 e. The zero-order valence-corrected chi connectivity index (χ0v) is 15.3. The molecule has 2 aromatic heterocycles. The molecule has 3 heterocycles. The van der Waals surface area contributed by atoms with Crippen LogP contribution in [-0.4, -0.2) is 60.0 Å². The predicted octanol–water partition coefficient (Wildman–Crippen LogP) is 0.635. The first-order valence-corrected chi connectivity index (χ1v) is 8.91. The third kappa shape index (κ3) is 3.53. The molecule has 0 bridgehead atoms. The number of rotatable bonds is 6. The Balaban J connectivity index is 1.58. The molecule has 1 aromatic carbocycles. The second-order valence-electron chi connectivity index (χ2n) is 6.27. The van der Waals surface area contributed by atoms with Crippen LogP contribution in [0, 0.1) is 0 Å². The number of benzene rings is 1. The molecular weight excluding hydrogens is 390 g/mol. The van der Waals surface area contributed by atoms with E-state index in [4.69, 9.17) is 21.2 Å². The van der Waals surface area contributed by atoms with Crippen LogP contribution in [-0.2, 0) is 16.2 Å². The molecule has 28 heavy (non-hydrogen) atoms. The lowest BCUT2D eigenvalue weighted by Gasteiger charge is -2.16. The van der Waals surface area contributed by atoms with E-state index < -0.39 is 31.1 Å². The molecule has 3 aromatic rings. The van der Waals surface area contributed by atoms with Gasteiger partial charge in [0, 0.05) is 0 Å². The fourth-order valence-electron chi connectivity index (χ4n) is 3.01. The summed E-state index contributed by atoms with van der Waals surface area (Å²) in [7, 11) is 0. The molecule has 0 aliphatic carbocycles. The molecule has 0 radical (unpaired) electrons. The van der Waals surface area contributed by atoms with Gasteiger partial charge in [-0.05, 0) is 17.2 Å². The number of anilines is 1. The molecule has 1 aliphatic heterocycles. The van der Waals surface area contributed by atoms with E-state index >= 15 is 0 Å². The Hall–Kier alpha value is -2.34. The van der Waals surface area contributed by atoms with Gasteiger partial charge in [-0.25, -0.2) is 10.2 Å². The van der Waals surface area contributed by atoms with E-state index in [1.54, 1.807) is 0 Å². The van der Waals surface area contributed by atoms with Crippen molar-refractivity contribution in [3.63, 3.8) is 0 Å². The zero-order valence-electron chi connectivity index (χ0n) is 14.5. The fraction of sp³-hybridized carbons (Fsp3) is 0.353. The predicted molar refractivity (Wildman–Crippen MR) is 98.2 cm³/mol. The van der Waals surface area contributed by atoms with Gasteiger partial charge in [-0.3, -0.25) is 4.84 Å². The summed E-state index contributed by atoms with van der Waals surface area (Å²) in [6.45, 7) is -0.142. The number of aliphatic hydroxyl groups excluding tert-OH is 3. The average molecular weight is 408 g/mol. The maximum atomic E-state index is 10.2. The highest BCUT2D eigenvalue weighted by Crippen LogP contribution is 2.32. The van der Waals surface area contributed by atoms with Crippen LogP contribution in [0.3, 0.4) is 0 Å². The molecule has 10 nitrogen and oxygen atoms in total. The van der Waals surface area contributed by atoms with Gasteiger partial charge in [0.1, 0.15) is 18.3 Å². The lowest BCUT2D eigenvalue weighted by atomic mass is 10.1. The Morgan fingerprint density at radius 2 is 1.96 bits per heavy atom. The van der Waals surface area contributed by atoms with Crippen LogP contribution in [0.2, 0.25) is 5.28 Å². The summed E-state index contributed by atoms with van der Waals surface area (Å²) in [5, 5.41) is 34.1. The number of aliphatic hydroxyl groups is 3. The highest BCUT2D eigenvalue weighted by atomic mass is 35.5. The number of fused-ring (bicyclic) bond motifs is 1. The van der Waals surface area contributed by atoms with E-state index in [0.29, 0.717) is 17.8 Å². The van der Waals surface area contributed by atoms with Crippen molar-refractivity contribution < 1.29 is 24.9 Å². The molecule has 0 unspecified atom stereocenters. The van der Waals surface area contributed by atoms with Gasteiger partial charge in [-0.1, -0.05) is 30.3 Å². The first-order chi connectivity index (χ1) is 13.6. The first kappa shape index (κ1) is 19.0. The van der Waals surface area contributed by atoms with Crippen molar-refractivity contribution in [2.45, 2.75) is 31.1 Å². The van der Waals surface area contributed by atoms with Crippen LogP contribution in [0.5, 0.6) is 0 Å². The zero-order chi connectivity index (χ0) is 19.7. The minimum atomic E-state index is -1.29. The third-order valence-electron chi connectivity index (χ3n) is 4.44. The Bertz CT molecular complexity index is 956. The van der Waals surface area contributed by atoms with Crippen molar-refractivity contribution in [3.8, 4) is 0 Å². The van der Waals surface area contributed by atoms with Crippen molar-refractivity contribution in [2.75, 3.05) is 12.1 Å². The van der Waals surface area contributed by atoms with Gasteiger partial charge in [0.15, 0.2) is 17.7 Å². The highest BCUT2D eigenvalue weighted by molar-refractivity contribution is 6.28. The number of nitrogens with zero attached hydrogens (tertiary/aromatic N) is 4. The molecule has 1 fully saturated rings. The van der Waals surface area contributed by atoms with E-state index in [2.05, 4.69) is 20.5 Å². The Morgan fingerprint density at radius 3 is 2.68 bits per heavy atom. The number of halogens is 1. The molecule has 4 rings (SSSR count). The van der Waals surface area contributed by atoms with E-state index in [9.17, 15) is 15.3 Å². The smallest absolute Gasteiger partial charge is 0.226 e. The minimum Gasteiger partial charge on any atom is -0.394 e. The lowest BCUT2D eigenvalue weighted by Crippen LogP contribution is -2.33. The molecule has 0 spiro atoms. The summed E-state index contributed by atoms with van der Waals surface area (Å²) < 4.78 is 6.79. The summed E-state index contributed by atoms with van der Waals surface area (Å²) in [6.07, 6.45) is -3.04. The number of aromatic nitrogens is 4. The number of hydrogen-bond donors (Lipinski definition) is 4. The molecule has 11 heteroatoms. The van der Waals surface area contributed by atoms with Crippen molar-refractivity contribution in [2.24, 2.45) is 0 Å². The van der Waals surface area contributed by atoms with Crippen molar-refractivity contribution in [3.05, 3.63) is 47.4 Å². The van der Waals surface area contributed by atoms with Crippen LogP contribution >= 0.6 is 11.6 Å². The van der Waals surface area contributed by atoms with Gasteiger partial charge < -0.3 is 20.1 Å². The van der Waals surface area contributed by atoms with Gasteiger partial charge in [-0.2, -0.15) is 15.1 Å². The topological polar surface area (TPSA) is 135 Å². The van der Waals surface area contributed by atoms with Crippen LogP contribution in [0.4, 0.5) is 5.82 Å². The molecular formula is C17H18ClN5O5. The van der Waals surface area contributed by atoms with Gasteiger partial charge in [0.2, 0.25) is 5.28 Å². The summed E-state index contributed by atoms with van der Waals surface area (Å²) >= 11 is 6.02. The van der Waals surface area contributed by atoms with E-state index in [1.165, 1.54) is 10.9 Å². The maximum absolute atomic E-state index is 10.2. The number of hydrogen-bond acceptors (Lipinski definition) is 9. The summed E-state index contributed by atoms with van der Waals surface area (Å²) in [6, 6.07) is 9.57. The van der Waals surface area contributed by atoms with Crippen LogP contribution in [0.15, 0.2) is 36.5 Å². The third-order valence-corrected chi connectivity index (χ3v) is 4.60. The Morgan fingerprint density at radius 1 is 1.18 bits per heavy atom. The van der Waals surface area contributed by atoms with Gasteiger partial charge in [0.25, 0.3) is 0 Å². The van der Waals surface area contributed by atoms with Gasteiger partial charge in [0.05, 0.1) is 24.8 Å². The van der Waals surface area contributed by atoms with Crippen LogP contribution < -0.4 is 5.48 Å². The fourth-order valence-corrected chi connectivity index (χ4v) is 3.17. The summed E-state index contributed by atoms with van der Waals surface area (Å²) in [5.41, 5.74) is 3.98. The first-order valence-electron chi connectivity index (χ1n) is 8.53. The Labute approximate surface area is 164 Å². The van der Waals surface area contributed by atoms with Gasteiger partial charge >= 0.3 is 0 Å². The SMILES string of the molecule is OC[C@H]1O[C@@H](n2ncc3c(NOCc4ccccc4)nc(Cl)nc32)[C@H](O)[C@@H]1O.